The van der Waals surface area contributed by atoms with E-state index in [1.54, 1.807) is 7.11 Å². The molecule has 1 heterocycles. The van der Waals surface area contributed by atoms with Crippen LogP contribution in [0, 0.1) is 37.5 Å². The van der Waals surface area contributed by atoms with Crippen LogP contribution in [-0.4, -0.2) is 12.9 Å². The van der Waals surface area contributed by atoms with Gasteiger partial charge in [0.05, 0.1) is 24.7 Å². The lowest BCUT2D eigenvalue weighted by Gasteiger charge is -2.44. The first-order valence-electron chi connectivity index (χ1n) is 14.0. The van der Waals surface area contributed by atoms with Crippen molar-refractivity contribution in [2.45, 2.75) is 60.0 Å². The molecule has 3 aromatic rings. The second kappa shape index (κ2) is 11.2. The molecule has 0 radical (unpaired) electrons. The Bertz CT molecular complexity index is 1680. The number of ether oxygens (including phenoxy) is 2. The third kappa shape index (κ3) is 5.37. The first-order chi connectivity index (χ1) is 19.9. The van der Waals surface area contributed by atoms with Crippen molar-refractivity contribution in [2.75, 3.05) is 12.0 Å². The third-order valence-corrected chi connectivity index (χ3v) is 8.67. The predicted molar refractivity (Wildman–Crippen MR) is 167 cm³/mol. The minimum Gasteiger partial charge on any atom is -0.497 e. The van der Waals surface area contributed by atoms with Crippen LogP contribution in [0.5, 0.6) is 11.5 Å². The van der Waals surface area contributed by atoms with E-state index in [-0.39, 0.29) is 11.2 Å². The average molecular weight is 582 g/mol. The Morgan fingerprint density at radius 2 is 1.74 bits per heavy atom. The Morgan fingerprint density at radius 1 is 1.05 bits per heavy atom. The molecule has 1 unspecified atom stereocenters. The summed E-state index contributed by atoms with van der Waals surface area (Å²) in [5.74, 6) is 1.26. The third-order valence-electron chi connectivity index (χ3n) is 8.26. The lowest BCUT2D eigenvalue weighted by molar-refractivity contribution is -0.118. The summed E-state index contributed by atoms with van der Waals surface area (Å²) < 4.78 is 11.4. The highest BCUT2D eigenvalue weighted by atomic mass is 35.5. The van der Waals surface area contributed by atoms with Crippen LogP contribution in [0.25, 0.3) is 0 Å². The van der Waals surface area contributed by atoms with Gasteiger partial charge in [0.2, 0.25) is 0 Å². The number of nitriles is 1. The van der Waals surface area contributed by atoms with Crippen LogP contribution in [0.4, 0.5) is 5.69 Å². The summed E-state index contributed by atoms with van der Waals surface area (Å²) >= 11 is 6.53. The van der Waals surface area contributed by atoms with E-state index in [0.29, 0.717) is 41.4 Å². The van der Waals surface area contributed by atoms with Crippen LogP contribution < -0.4 is 20.1 Å². The molecule has 0 bridgehead atoms. The van der Waals surface area contributed by atoms with Crippen LogP contribution >= 0.6 is 11.6 Å². The van der Waals surface area contributed by atoms with Gasteiger partial charge in [-0.15, -0.1) is 0 Å². The van der Waals surface area contributed by atoms with Crippen LogP contribution in [-0.2, 0) is 11.4 Å². The molecule has 3 aromatic carbocycles. The predicted octanol–water partition coefficient (Wildman–Crippen LogP) is 7.79. The number of aryl methyl sites for hydroxylation is 2. The fourth-order valence-corrected chi connectivity index (χ4v) is 6.26. The molecule has 0 saturated heterocycles. The lowest BCUT2D eigenvalue weighted by atomic mass is 9.68. The summed E-state index contributed by atoms with van der Waals surface area (Å²) in [5.41, 5.74) is 13.9. The molecule has 1 aliphatic heterocycles. The van der Waals surface area contributed by atoms with Crippen molar-refractivity contribution in [1.29, 1.82) is 5.26 Å². The first kappa shape index (κ1) is 29.3. The topological polar surface area (TPSA) is 88.6 Å². The molecule has 5 rings (SSSR count). The molecule has 0 saturated carbocycles. The van der Waals surface area contributed by atoms with Gasteiger partial charge in [0.15, 0.2) is 5.78 Å². The summed E-state index contributed by atoms with van der Waals surface area (Å²) in [6.07, 6.45) is 1.02. The van der Waals surface area contributed by atoms with Crippen molar-refractivity contribution in [2.24, 2.45) is 11.1 Å². The second-order valence-corrected chi connectivity index (χ2v) is 12.4. The number of allylic oxidation sites excluding steroid dienone is 3. The average Bonchev–Trinajstić information content (AvgIpc) is 2.94. The zero-order valence-electron chi connectivity index (χ0n) is 25.0. The van der Waals surface area contributed by atoms with Gasteiger partial charge in [0.25, 0.3) is 0 Å². The number of anilines is 1. The Morgan fingerprint density at radius 3 is 2.38 bits per heavy atom. The van der Waals surface area contributed by atoms with Gasteiger partial charge in [0, 0.05) is 28.4 Å². The van der Waals surface area contributed by atoms with Gasteiger partial charge in [0.1, 0.15) is 23.9 Å². The zero-order chi connectivity index (χ0) is 30.3. The van der Waals surface area contributed by atoms with E-state index in [0.717, 1.165) is 50.7 Å². The summed E-state index contributed by atoms with van der Waals surface area (Å²) in [5, 5.41) is 11.1. The summed E-state index contributed by atoms with van der Waals surface area (Å²) in [6, 6.07) is 19.7. The van der Waals surface area contributed by atoms with Gasteiger partial charge >= 0.3 is 0 Å². The summed E-state index contributed by atoms with van der Waals surface area (Å²) in [7, 11) is 1.63. The van der Waals surface area contributed by atoms with E-state index in [4.69, 9.17) is 26.8 Å². The number of halogens is 1. The molecule has 1 atom stereocenters. The molecule has 2 N–H and O–H groups in total. The first-order valence-corrected chi connectivity index (χ1v) is 14.4. The number of hydrogen-bond donors (Lipinski definition) is 1. The molecule has 0 amide bonds. The summed E-state index contributed by atoms with van der Waals surface area (Å²) in [6.45, 7) is 10.5. The number of hydrogen-bond acceptors (Lipinski definition) is 6. The van der Waals surface area contributed by atoms with E-state index in [1.807, 2.05) is 68.1 Å². The SMILES string of the molecule is COc1ccc(OCc2cc(C)cc(C3C(C#N)=C(N)N(c4ccc(C)c(Cl)c4)C4=C3C(=O)CC(C)(C)C4)c2C)cc1. The number of nitrogens with two attached hydrogens (primary N) is 1. The number of ketones is 1. The molecular formula is C35H36ClN3O3. The molecule has 42 heavy (non-hydrogen) atoms. The Labute approximate surface area is 253 Å². The maximum Gasteiger partial charge on any atom is 0.162 e. The van der Waals surface area contributed by atoms with E-state index >= 15 is 0 Å². The van der Waals surface area contributed by atoms with E-state index in [9.17, 15) is 10.1 Å². The highest BCUT2D eigenvalue weighted by molar-refractivity contribution is 6.31. The van der Waals surface area contributed by atoms with E-state index in [2.05, 4.69) is 32.0 Å². The molecular weight excluding hydrogens is 546 g/mol. The molecule has 7 heteroatoms. The number of rotatable bonds is 6. The van der Waals surface area contributed by atoms with Crippen molar-refractivity contribution >= 4 is 23.1 Å². The maximum absolute atomic E-state index is 14.0. The largest absolute Gasteiger partial charge is 0.497 e. The minimum atomic E-state index is -0.578. The minimum absolute atomic E-state index is 0.0339. The number of nitrogens with zero attached hydrogens (tertiary/aromatic N) is 2. The van der Waals surface area contributed by atoms with Gasteiger partial charge < -0.3 is 15.2 Å². The van der Waals surface area contributed by atoms with Crippen molar-refractivity contribution in [3.8, 4) is 17.6 Å². The smallest absolute Gasteiger partial charge is 0.162 e. The molecule has 0 fully saturated rings. The number of Topliss-reactive ketones (excluding diaryl/α,β-unsaturated/α-hetero) is 1. The molecule has 216 valence electrons. The number of carbonyl (C=O) groups is 1. The Hall–Kier alpha value is -4.21. The van der Waals surface area contributed by atoms with Crippen molar-refractivity contribution in [1.82, 2.24) is 0 Å². The van der Waals surface area contributed by atoms with Crippen LogP contribution in [0.2, 0.25) is 5.02 Å². The highest BCUT2D eigenvalue weighted by Crippen LogP contribution is 2.51. The standard InChI is InChI=1S/C35H36ClN3O3/c1-20-13-23(19-42-26-11-9-25(41-6)10-12-26)22(3)27(14-20)32-28(18-37)34(38)39(24-8-7-21(2)29(36)15-24)30-16-35(4,5)17-31(40)33(30)32/h7-15,32H,16-17,19,38H2,1-6H3. The lowest BCUT2D eigenvalue weighted by Crippen LogP contribution is -2.42. The molecule has 2 aliphatic rings. The van der Waals surface area contributed by atoms with Crippen LogP contribution in [0.3, 0.4) is 0 Å². The second-order valence-electron chi connectivity index (χ2n) is 12.0. The van der Waals surface area contributed by atoms with Crippen LogP contribution in [0.15, 0.2) is 77.3 Å². The molecule has 6 nitrogen and oxygen atoms in total. The number of methoxy groups -OCH3 is 1. The van der Waals surface area contributed by atoms with Gasteiger partial charge in [-0.3, -0.25) is 9.69 Å². The Kier molecular flexibility index (Phi) is 7.83. The van der Waals surface area contributed by atoms with Gasteiger partial charge in [-0.25, -0.2) is 0 Å². The molecule has 0 aromatic heterocycles. The fourth-order valence-electron chi connectivity index (χ4n) is 6.08. The molecule has 1 aliphatic carbocycles. The van der Waals surface area contributed by atoms with Gasteiger partial charge in [-0.05, 0) is 91.3 Å². The normalized spacial score (nSPS) is 18.1. The molecule has 0 spiro atoms. The quantitative estimate of drug-likeness (QED) is 0.319. The number of carbonyl (C=O) groups excluding carboxylic acids is 1. The fraction of sp³-hybridized carbons (Fsp3) is 0.314. The van der Waals surface area contributed by atoms with E-state index < -0.39 is 5.92 Å². The Balaban J connectivity index is 1.65. The maximum atomic E-state index is 14.0. The number of benzene rings is 3. The summed E-state index contributed by atoms with van der Waals surface area (Å²) in [4.78, 5) is 15.9. The zero-order valence-corrected chi connectivity index (χ0v) is 25.7. The van der Waals surface area contributed by atoms with Crippen molar-refractivity contribution in [3.05, 3.63) is 110 Å². The van der Waals surface area contributed by atoms with Crippen molar-refractivity contribution < 1.29 is 14.3 Å². The van der Waals surface area contributed by atoms with Crippen LogP contribution in [0.1, 0.15) is 60.4 Å². The van der Waals surface area contributed by atoms with Crippen molar-refractivity contribution in [3.63, 3.8) is 0 Å². The highest BCUT2D eigenvalue weighted by Gasteiger charge is 2.45. The van der Waals surface area contributed by atoms with Gasteiger partial charge in [-0.1, -0.05) is 49.2 Å². The monoisotopic (exact) mass is 581 g/mol. The van der Waals surface area contributed by atoms with Gasteiger partial charge in [-0.2, -0.15) is 5.26 Å². The van der Waals surface area contributed by atoms with E-state index in [1.165, 1.54) is 0 Å².